The Bertz CT molecular complexity index is 610. The molecule has 1 aromatic carbocycles. The normalized spacial score (nSPS) is 14.3. The van der Waals surface area contributed by atoms with E-state index in [0.717, 1.165) is 21.6 Å². The van der Waals surface area contributed by atoms with Crippen LogP contribution in [0.3, 0.4) is 0 Å². The maximum absolute atomic E-state index is 13.7. The van der Waals surface area contributed by atoms with Crippen molar-refractivity contribution in [2.75, 3.05) is 0 Å². The van der Waals surface area contributed by atoms with Gasteiger partial charge in [-0.2, -0.15) is 0 Å². The van der Waals surface area contributed by atoms with Gasteiger partial charge in [0.15, 0.2) is 0 Å². The number of nitrogens with zero attached hydrogens (tertiary/aromatic N) is 1. The van der Waals surface area contributed by atoms with Crippen molar-refractivity contribution in [3.8, 4) is 0 Å². The minimum absolute atomic E-state index is 0.0700. The number of aryl methyl sites for hydroxylation is 2. The maximum atomic E-state index is 13.7. The van der Waals surface area contributed by atoms with Crippen LogP contribution in [0.25, 0.3) is 0 Å². The van der Waals surface area contributed by atoms with Crippen LogP contribution in [0.4, 0.5) is 8.78 Å². The summed E-state index contributed by atoms with van der Waals surface area (Å²) in [7, 11) is 0. The lowest BCUT2D eigenvalue weighted by Gasteiger charge is -2.20. The molecule has 2 nitrogen and oxygen atoms in total. The Kier molecular flexibility index (Phi) is 4.50. The van der Waals surface area contributed by atoms with Crippen molar-refractivity contribution in [1.82, 2.24) is 10.3 Å². The maximum Gasteiger partial charge on any atom is 0.130 e. The predicted molar refractivity (Wildman–Crippen MR) is 77.9 cm³/mol. The Morgan fingerprint density at radius 3 is 2.40 bits per heavy atom. The molecule has 1 heterocycles. The number of benzene rings is 1. The number of hydrogen-bond donors (Lipinski definition) is 1. The first-order valence-electron chi connectivity index (χ1n) is 6.53. The monoisotopic (exact) mass is 296 g/mol. The molecule has 1 aromatic heterocycles. The standard InChI is InChI=1S/C15H18F2N2S/c1-8(13-6-5-12(16)7-14(13)17)18-9(2)15-10(3)19-11(4)20-15/h5-9,18H,1-4H3. The summed E-state index contributed by atoms with van der Waals surface area (Å²) in [5.41, 5.74) is 1.47. The summed E-state index contributed by atoms with van der Waals surface area (Å²) in [5, 5.41) is 4.35. The van der Waals surface area contributed by atoms with Gasteiger partial charge in [0.25, 0.3) is 0 Å². The Labute approximate surface area is 121 Å². The highest BCUT2D eigenvalue weighted by molar-refractivity contribution is 7.11. The lowest BCUT2D eigenvalue weighted by Crippen LogP contribution is -2.23. The number of aromatic nitrogens is 1. The van der Waals surface area contributed by atoms with E-state index in [9.17, 15) is 8.78 Å². The van der Waals surface area contributed by atoms with Crippen molar-refractivity contribution in [2.45, 2.75) is 39.8 Å². The van der Waals surface area contributed by atoms with E-state index in [1.54, 1.807) is 11.3 Å². The molecular weight excluding hydrogens is 278 g/mol. The van der Waals surface area contributed by atoms with Gasteiger partial charge in [0.1, 0.15) is 11.6 Å². The molecule has 5 heteroatoms. The highest BCUT2D eigenvalue weighted by atomic mass is 32.1. The second-order valence-electron chi connectivity index (χ2n) is 4.96. The third kappa shape index (κ3) is 3.22. The lowest BCUT2D eigenvalue weighted by atomic mass is 10.1. The van der Waals surface area contributed by atoms with E-state index in [2.05, 4.69) is 10.3 Å². The summed E-state index contributed by atoms with van der Waals surface area (Å²) in [6, 6.07) is 3.55. The lowest BCUT2D eigenvalue weighted by molar-refractivity contribution is 0.473. The minimum atomic E-state index is -0.555. The van der Waals surface area contributed by atoms with E-state index < -0.39 is 11.6 Å². The fourth-order valence-corrected chi connectivity index (χ4v) is 3.28. The van der Waals surface area contributed by atoms with E-state index in [0.29, 0.717) is 5.56 Å². The van der Waals surface area contributed by atoms with E-state index >= 15 is 0 Å². The molecule has 1 N–H and O–H groups in total. The Morgan fingerprint density at radius 2 is 1.85 bits per heavy atom. The van der Waals surface area contributed by atoms with Crippen molar-refractivity contribution < 1.29 is 8.78 Å². The fourth-order valence-electron chi connectivity index (χ4n) is 2.34. The Morgan fingerprint density at radius 1 is 1.15 bits per heavy atom. The average Bonchev–Trinajstić information content (AvgIpc) is 2.68. The van der Waals surface area contributed by atoms with Crippen LogP contribution in [0.15, 0.2) is 18.2 Å². The number of thiazole rings is 1. The van der Waals surface area contributed by atoms with Crippen molar-refractivity contribution in [3.05, 3.63) is 51.0 Å². The molecule has 0 aliphatic carbocycles. The zero-order valence-electron chi connectivity index (χ0n) is 12.0. The molecule has 2 atom stereocenters. The second-order valence-corrected chi connectivity index (χ2v) is 6.19. The molecule has 0 saturated heterocycles. The molecule has 0 aliphatic rings. The third-order valence-electron chi connectivity index (χ3n) is 3.26. The predicted octanol–water partition coefficient (Wildman–Crippen LogP) is 4.45. The molecule has 0 fully saturated rings. The van der Waals surface area contributed by atoms with Gasteiger partial charge in [-0.05, 0) is 33.8 Å². The van der Waals surface area contributed by atoms with Crippen LogP contribution >= 0.6 is 11.3 Å². The van der Waals surface area contributed by atoms with E-state index in [4.69, 9.17) is 0 Å². The molecule has 0 saturated carbocycles. The topological polar surface area (TPSA) is 24.9 Å². The fraction of sp³-hybridized carbons (Fsp3) is 0.400. The van der Waals surface area contributed by atoms with Crippen LogP contribution in [0.2, 0.25) is 0 Å². The highest BCUT2D eigenvalue weighted by Gasteiger charge is 2.18. The van der Waals surface area contributed by atoms with Gasteiger partial charge in [-0.25, -0.2) is 13.8 Å². The summed E-state index contributed by atoms with van der Waals surface area (Å²) in [6.45, 7) is 7.84. The Balaban J connectivity index is 2.14. The average molecular weight is 296 g/mol. The number of nitrogens with one attached hydrogen (secondary N) is 1. The van der Waals surface area contributed by atoms with Crippen molar-refractivity contribution in [2.24, 2.45) is 0 Å². The first kappa shape index (κ1) is 15.1. The minimum Gasteiger partial charge on any atom is -0.303 e. The number of rotatable bonds is 4. The molecular formula is C15H18F2N2S. The quantitative estimate of drug-likeness (QED) is 0.901. The zero-order chi connectivity index (χ0) is 14.9. The molecule has 20 heavy (non-hydrogen) atoms. The molecule has 0 bridgehead atoms. The first-order chi connectivity index (χ1) is 9.38. The van der Waals surface area contributed by atoms with Crippen LogP contribution in [0.5, 0.6) is 0 Å². The van der Waals surface area contributed by atoms with Gasteiger partial charge in [0.2, 0.25) is 0 Å². The zero-order valence-corrected chi connectivity index (χ0v) is 12.8. The summed E-state index contributed by atoms with van der Waals surface area (Å²) < 4.78 is 26.7. The Hall–Kier alpha value is -1.33. The third-order valence-corrected chi connectivity index (χ3v) is 4.52. The smallest absolute Gasteiger partial charge is 0.130 e. The summed E-state index contributed by atoms with van der Waals surface area (Å²) in [6.07, 6.45) is 0. The molecule has 2 rings (SSSR count). The van der Waals surface area contributed by atoms with Crippen LogP contribution in [-0.4, -0.2) is 4.98 Å². The van der Waals surface area contributed by atoms with Crippen LogP contribution in [-0.2, 0) is 0 Å². The van der Waals surface area contributed by atoms with Gasteiger partial charge in [-0.3, -0.25) is 0 Å². The molecule has 0 amide bonds. The summed E-state index contributed by atoms with van der Waals surface area (Å²) in [5.74, 6) is -1.07. The van der Waals surface area contributed by atoms with Crippen molar-refractivity contribution >= 4 is 11.3 Å². The second kappa shape index (κ2) is 5.97. The molecule has 0 spiro atoms. The van der Waals surface area contributed by atoms with Gasteiger partial charge >= 0.3 is 0 Å². The SMILES string of the molecule is Cc1nc(C)c(C(C)NC(C)c2ccc(F)cc2F)s1. The first-order valence-corrected chi connectivity index (χ1v) is 7.35. The van der Waals surface area contributed by atoms with Crippen LogP contribution in [0, 0.1) is 25.5 Å². The van der Waals surface area contributed by atoms with Crippen LogP contribution in [0.1, 0.15) is 47.1 Å². The van der Waals surface area contributed by atoms with Crippen molar-refractivity contribution in [3.63, 3.8) is 0 Å². The molecule has 2 aromatic rings. The highest BCUT2D eigenvalue weighted by Crippen LogP contribution is 2.27. The number of halogens is 2. The molecule has 0 radical (unpaired) electrons. The van der Waals surface area contributed by atoms with Gasteiger partial charge in [0, 0.05) is 28.6 Å². The molecule has 2 unspecified atom stereocenters. The summed E-state index contributed by atoms with van der Waals surface area (Å²) in [4.78, 5) is 5.55. The molecule has 108 valence electrons. The molecule has 0 aliphatic heterocycles. The van der Waals surface area contributed by atoms with Gasteiger partial charge < -0.3 is 5.32 Å². The summed E-state index contributed by atoms with van der Waals surface area (Å²) >= 11 is 1.64. The van der Waals surface area contributed by atoms with E-state index in [1.165, 1.54) is 12.1 Å². The van der Waals surface area contributed by atoms with Gasteiger partial charge in [-0.15, -0.1) is 11.3 Å². The van der Waals surface area contributed by atoms with Gasteiger partial charge in [0.05, 0.1) is 10.7 Å². The van der Waals surface area contributed by atoms with Gasteiger partial charge in [-0.1, -0.05) is 6.07 Å². The van der Waals surface area contributed by atoms with Crippen LogP contribution < -0.4 is 5.32 Å². The largest absolute Gasteiger partial charge is 0.303 e. The van der Waals surface area contributed by atoms with E-state index in [-0.39, 0.29) is 12.1 Å². The van der Waals surface area contributed by atoms with E-state index in [1.807, 2.05) is 27.7 Å². The van der Waals surface area contributed by atoms with Crippen molar-refractivity contribution in [1.29, 1.82) is 0 Å². The number of hydrogen-bond acceptors (Lipinski definition) is 3.